The Balaban J connectivity index is 1.88. The predicted octanol–water partition coefficient (Wildman–Crippen LogP) is 1.73. The van der Waals surface area contributed by atoms with Crippen molar-refractivity contribution >= 4 is 21.4 Å². The number of aromatic nitrogens is 1. The van der Waals surface area contributed by atoms with Gasteiger partial charge in [-0.25, -0.2) is 13.4 Å². The predicted molar refractivity (Wildman–Crippen MR) is 81.7 cm³/mol. The third kappa shape index (κ3) is 2.90. The van der Waals surface area contributed by atoms with Crippen molar-refractivity contribution in [3.05, 3.63) is 59.9 Å². The van der Waals surface area contributed by atoms with E-state index in [4.69, 9.17) is 0 Å². The topological polar surface area (TPSA) is 71.8 Å². The van der Waals surface area contributed by atoms with Crippen LogP contribution in [-0.2, 0) is 9.84 Å². The van der Waals surface area contributed by atoms with Crippen LogP contribution in [0.25, 0.3) is 0 Å². The highest BCUT2D eigenvalue weighted by Crippen LogP contribution is 2.15. The van der Waals surface area contributed by atoms with Crippen molar-refractivity contribution in [3.63, 3.8) is 0 Å². The summed E-state index contributed by atoms with van der Waals surface area (Å²) in [6.45, 7) is 0.486. The smallest absolute Gasteiger partial charge is 0.175 e. The van der Waals surface area contributed by atoms with Crippen molar-refractivity contribution in [1.82, 2.24) is 4.98 Å². The van der Waals surface area contributed by atoms with Crippen molar-refractivity contribution in [3.8, 4) is 0 Å². The van der Waals surface area contributed by atoms with Crippen molar-refractivity contribution < 1.29 is 8.42 Å². The first kappa shape index (κ1) is 13.6. The first-order chi connectivity index (χ1) is 10.0. The average molecular weight is 299 g/mol. The van der Waals surface area contributed by atoms with E-state index in [0.717, 1.165) is 17.0 Å². The van der Waals surface area contributed by atoms with Crippen LogP contribution in [-0.4, -0.2) is 37.7 Å². The molecular formula is C15H13N3O2S. The second kappa shape index (κ2) is 5.21. The van der Waals surface area contributed by atoms with Gasteiger partial charge in [-0.2, -0.15) is 0 Å². The Bertz CT molecular complexity index is 823. The molecule has 0 fully saturated rings. The number of rotatable bonds is 3. The quantitative estimate of drug-likeness (QED) is 0.866. The van der Waals surface area contributed by atoms with Crippen LogP contribution in [0.15, 0.2) is 63.5 Å². The van der Waals surface area contributed by atoms with E-state index in [0.29, 0.717) is 17.3 Å². The van der Waals surface area contributed by atoms with Gasteiger partial charge in [0.2, 0.25) is 0 Å². The zero-order valence-electron chi connectivity index (χ0n) is 11.4. The van der Waals surface area contributed by atoms with Gasteiger partial charge in [-0.05, 0) is 36.4 Å². The van der Waals surface area contributed by atoms with Gasteiger partial charge in [-0.15, -0.1) is 0 Å². The van der Waals surface area contributed by atoms with Crippen molar-refractivity contribution in [2.45, 2.75) is 4.90 Å². The first-order valence-corrected chi connectivity index (χ1v) is 8.27. The SMILES string of the molecule is CS(=O)(=O)c1ccc(C2=NCC(c3ccccn3)=N2)cc1. The van der Waals surface area contributed by atoms with E-state index in [1.165, 1.54) is 6.26 Å². The summed E-state index contributed by atoms with van der Waals surface area (Å²) in [5, 5.41) is 0. The third-order valence-corrected chi connectivity index (χ3v) is 4.25. The molecule has 0 amide bonds. The van der Waals surface area contributed by atoms with Gasteiger partial charge >= 0.3 is 0 Å². The van der Waals surface area contributed by atoms with E-state index in [-0.39, 0.29) is 0 Å². The molecule has 1 aliphatic rings. The van der Waals surface area contributed by atoms with Gasteiger partial charge in [0.05, 0.1) is 22.8 Å². The molecule has 21 heavy (non-hydrogen) atoms. The lowest BCUT2D eigenvalue weighted by Gasteiger charge is -2.00. The molecule has 106 valence electrons. The molecule has 0 bridgehead atoms. The Morgan fingerprint density at radius 1 is 1.05 bits per heavy atom. The minimum absolute atomic E-state index is 0.291. The van der Waals surface area contributed by atoms with Gasteiger partial charge in [-0.3, -0.25) is 9.98 Å². The molecule has 6 heteroatoms. The van der Waals surface area contributed by atoms with E-state index in [1.54, 1.807) is 30.5 Å². The van der Waals surface area contributed by atoms with Gasteiger partial charge in [-0.1, -0.05) is 6.07 Å². The Kier molecular flexibility index (Phi) is 3.39. The number of hydrogen-bond acceptors (Lipinski definition) is 5. The second-order valence-corrected chi connectivity index (χ2v) is 6.73. The molecule has 0 aliphatic carbocycles. The third-order valence-electron chi connectivity index (χ3n) is 3.12. The van der Waals surface area contributed by atoms with Crippen LogP contribution >= 0.6 is 0 Å². The fourth-order valence-corrected chi connectivity index (χ4v) is 2.66. The Morgan fingerprint density at radius 3 is 2.43 bits per heavy atom. The lowest BCUT2D eigenvalue weighted by molar-refractivity contribution is 0.602. The molecule has 5 nitrogen and oxygen atoms in total. The van der Waals surface area contributed by atoms with Crippen LogP contribution < -0.4 is 0 Å². The summed E-state index contributed by atoms with van der Waals surface area (Å²) in [5.41, 5.74) is 2.43. The summed E-state index contributed by atoms with van der Waals surface area (Å²) < 4.78 is 22.9. The number of aliphatic imine (C=N–C) groups is 2. The molecule has 2 aromatic rings. The molecule has 0 spiro atoms. The number of pyridine rings is 1. The van der Waals surface area contributed by atoms with Crippen LogP contribution in [0, 0.1) is 0 Å². The van der Waals surface area contributed by atoms with Crippen LogP contribution in [0.1, 0.15) is 11.3 Å². The summed E-state index contributed by atoms with van der Waals surface area (Å²) in [6, 6.07) is 12.2. The number of amidine groups is 1. The average Bonchev–Trinajstić information content (AvgIpc) is 2.97. The largest absolute Gasteiger partial charge is 0.260 e. The van der Waals surface area contributed by atoms with Gasteiger partial charge in [0.25, 0.3) is 0 Å². The van der Waals surface area contributed by atoms with Crippen molar-refractivity contribution in [2.24, 2.45) is 9.98 Å². The van der Waals surface area contributed by atoms with Crippen LogP contribution in [0.5, 0.6) is 0 Å². The fraction of sp³-hybridized carbons (Fsp3) is 0.133. The van der Waals surface area contributed by atoms with E-state index >= 15 is 0 Å². The summed E-state index contributed by atoms with van der Waals surface area (Å²) in [4.78, 5) is 13.4. The molecule has 3 rings (SSSR count). The Labute approximate surface area is 123 Å². The van der Waals surface area contributed by atoms with Crippen LogP contribution in [0.4, 0.5) is 0 Å². The molecule has 0 saturated carbocycles. The first-order valence-electron chi connectivity index (χ1n) is 6.38. The van der Waals surface area contributed by atoms with E-state index in [9.17, 15) is 8.42 Å². The maximum absolute atomic E-state index is 11.4. The summed E-state index contributed by atoms with van der Waals surface area (Å²) in [7, 11) is -3.18. The Hall–Kier alpha value is -2.34. The molecule has 0 unspecified atom stereocenters. The summed E-state index contributed by atoms with van der Waals surface area (Å²) in [5.74, 6) is 0.607. The van der Waals surface area contributed by atoms with Gasteiger partial charge in [0.15, 0.2) is 15.7 Å². The molecule has 1 aromatic heterocycles. The Morgan fingerprint density at radius 2 is 1.81 bits per heavy atom. The molecule has 0 radical (unpaired) electrons. The highest BCUT2D eigenvalue weighted by molar-refractivity contribution is 7.90. The molecule has 1 aliphatic heterocycles. The standard InChI is InChI=1S/C15H13N3O2S/c1-21(19,20)12-7-5-11(6-8-12)15-17-10-14(18-15)13-4-2-3-9-16-13/h2-9H,10H2,1H3. The van der Waals surface area contributed by atoms with Gasteiger partial charge in [0.1, 0.15) is 0 Å². The van der Waals surface area contributed by atoms with E-state index < -0.39 is 9.84 Å². The van der Waals surface area contributed by atoms with Gasteiger partial charge < -0.3 is 0 Å². The maximum Gasteiger partial charge on any atom is 0.175 e. The number of benzene rings is 1. The minimum Gasteiger partial charge on any atom is -0.260 e. The van der Waals surface area contributed by atoms with Crippen molar-refractivity contribution in [1.29, 1.82) is 0 Å². The lowest BCUT2D eigenvalue weighted by atomic mass is 10.2. The summed E-state index contributed by atoms with van der Waals surface area (Å²) >= 11 is 0. The van der Waals surface area contributed by atoms with E-state index in [2.05, 4.69) is 15.0 Å². The summed E-state index contributed by atoms with van der Waals surface area (Å²) in [6.07, 6.45) is 2.91. The molecule has 2 heterocycles. The minimum atomic E-state index is -3.18. The van der Waals surface area contributed by atoms with E-state index in [1.807, 2.05) is 18.2 Å². The second-order valence-electron chi connectivity index (χ2n) is 4.71. The number of hydrogen-bond donors (Lipinski definition) is 0. The normalized spacial score (nSPS) is 14.7. The number of nitrogens with zero attached hydrogens (tertiary/aromatic N) is 3. The molecule has 0 saturated heterocycles. The zero-order chi connectivity index (χ0) is 14.9. The van der Waals surface area contributed by atoms with Gasteiger partial charge in [0, 0.05) is 18.0 Å². The van der Waals surface area contributed by atoms with Crippen molar-refractivity contribution in [2.75, 3.05) is 12.8 Å². The van der Waals surface area contributed by atoms with Crippen LogP contribution in [0.2, 0.25) is 0 Å². The molecule has 0 N–H and O–H groups in total. The number of sulfone groups is 1. The van der Waals surface area contributed by atoms with Crippen LogP contribution in [0.3, 0.4) is 0 Å². The maximum atomic E-state index is 11.4. The zero-order valence-corrected chi connectivity index (χ0v) is 12.2. The molecule has 0 atom stereocenters. The highest BCUT2D eigenvalue weighted by atomic mass is 32.2. The molecule has 1 aromatic carbocycles. The lowest BCUT2D eigenvalue weighted by Crippen LogP contribution is -2.04. The molecular weight excluding hydrogens is 286 g/mol. The highest BCUT2D eigenvalue weighted by Gasteiger charge is 2.15. The fourth-order valence-electron chi connectivity index (χ4n) is 2.03. The monoisotopic (exact) mass is 299 g/mol.